The maximum absolute atomic E-state index is 12.2. The molecule has 0 spiro atoms. The average Bonchev–Trinajstić information content (AvgIpc) is 2.44. The molecule has 0 bridgehead atoms. The highest BCUT2D eigenvalue weighted by molar-refractivity contribution is 7.87. The third kappa shape index (κ3) is 5.10. The van der Waals surface area contributed by atoms with Crippen molar-refractivity contribution in [2.45, 2.75) is 26.1 Å². The van der Waals surface area contributed by atoms with E-state index in [2.05, 4.69) is 4.72 Å². The van der Waals surface area contributed by atoms with Crippen LogP contribution in [0.15, 0.2) is 24.3 Å². The Balaban J connectivity index is 1.78. The second-order valence-corrected chi connectivity index (χ2v) is 7.47. The highest BCUT2D eigenvalue weighted by Crippen LogP contribution is 2.15. The Labute approximate surface area is 136 Å². The molecule has 1 aromatic rings. The Morgan fingerprint density at radius 3 is 2.45 bits per heavy atom. The first-order valence-electron chi connectivity index (χ1n) is 7.15. The van der Waals surface area contributed by atoms with Gasteiger partial charge in [0.2, 0.25) is 0 Å². The average molecular weight is 349 g/mol. The quantitative estimate of drug-likeness (QED) is 0.794. The van der Waals surface area contributed by atoms with E-state index < -0.39 is 10.2 Å². The van der Waals surface area contributed by atoms with Gasteiger partial charge in [0, 0.05) is 24.7 Å². The molecule has 1 heterocycles. The lowest BCUT2D eigenvalue weighted by molar-refractivity contribution is -0.0444. The van der Waals surface area contributed by atoms with Crippen LogP contribution in [-0.2, 0) is 14.9 Å². The topological polar surface area (TPSA) is 67.9 Å². The third-order valence-electron chi connectivity index (χ3n) is 3.19. The minimum Gasteiger partial charge on any atom is -0.492 e. The smallest absolute Gasteiger partial charge is 0.279 e. The first-order chi connectivity index (χ1) is 10.4. The van der Waals surface area contributed by atoms with Crippen molar-refractivity contribution in [2.75, 3.05) is 26.2 Å². The van der Waals surface area contributed by atoms with Gasteiger partial charge in [0.1, 0.15) is 12.4 Å². The second kappa shape index (κ2) is 7.61. The molecule has 1 saturated heterocycles. The first kappa shape index (κ1) is 17.5. The summed E-state index contributed by atoms with van der Waals surface area (Å²) in [6, 6.07) is 6.92. The van der Waals surface area contributed by atoms with Gasteiger partial charge in [0.15, 0.2) is 0 Å². The Morgan fingerprint density at radius 2 is 1.86 bits per heavy atom. The van der Waals surface area contributed by atoms with Crippen molar-refractivity contribution in [2.24, 2.45) is 0 Å². The normalized spacial score (nSPS) is 23.4. The summed E-state index contributed by atoms with van der Waals surface area (Å²) in [6.45, 7) is 4.89. The number of ether oxygens (including phenoxy) is 2. The van der Waals surface area contributed by atoms with E-state index in [9.17, 15) is 8.42 Å². The molecule has 0 aliphatic carbocycles. The fourth-order valence-electron chi connectivity index (χ4n) is 2.29. The van der Waals surface area contributed by atoms with Gasteiger partial charge < -0.3 is 9.47 Å². The zero-order valence-electron chi connectivity index (χ0n) is 12.7. The standard InChI is InChI=1S/C14H21ClN2O4S/c1-11-9-17(10-12(2)21-11)22(18,19)16-7-8-20-14-5-3-13(15)4-6-14/h3-6,11-12,16H,7-10H2,1-2H3/t11-,12+. The Bertz CT molecular complexity index is 569. The maximum atomic E-state index is 12.2. The molecule has 1 aliphatic heterocycles. The van der Waals surface area contributed by atoms with E-state index in [1.165, 1.54) is 4.31 Å². The van der Waals surface area contributed by atoms with Crippen molar-refractivity contribution >= 4 is 21.8 Å². The number of nitrogens with zero attached hydrogens (tertiary/aromatic N) is 1. The van der Waals surface area contributed by atoms with Gasteiger partial charge in [-0.3, -0.25) is 0 Å². The molecular weight excluding hydrogens is 328 g/mol. The van der Waals surface area contributed by atoms with E-state index in [1.54, 1.807) is 24.3 Å². The van der Waals surface area contributed by atoms with Crippen molar-refractivity contribution in [1.29, 1.82) is 0 Å². The molecule has 0 unspecified atom stereocenters. The molecule has 1 fully saturated rings. The van der Waals surface area contributed by atoms with Crippen LogP contribution < -0.4 is 9.46 Å². The van der Waals surface area contributed by atoms with Gasteiger partial charge in [-0.15, -0.1) is 0 Å². The molecule has 0 saturated carbocycles. The van der Waals surface area contributed by atoms with Crippen LogP contribution in [-0.4, -0.2) is 51.2 Å². The molecule has 0 aromatic heterocycles. The molecular formula is C14H21ClN2O4S. The fourth-order valence-corrected chi connectivity index (χ4v) is 3.75. The summed E-state index contributed by atoms with van der Waals surface area (Å²) in [6.07, 6.45) is -0.212. The van der Waals surface area contributed by atoms with Gasteiger partial charge in [-0.25, -0.2) is 0 Å². The summed E-state index contributed by atoms with van der Waals surface area (Å²) < 4.78 is 39.4. The lowest BCUT2D eigenvalue weighted by Gasteiger charge is -2.34. The lowest BCUT2D eigenvalue weighted by atomic mass is 10.3. The number of rotatable bonds is 6. The summed E-state index contributed by atoms with van der Waals surface area (Å²) in [5, 5.41) is 0.628. The van der Waals surface area contributed by atoms with Gasteiger partial charge >= 0.3 is 0 Å². The van der Waals surface area contributed by atoms with Gasteiger partial charge in [-0.2, -0.15) is 17.4 Å². The number of morpholine rings is 1. The third-order valence-corrected chi connectivity index (χ3v) is 4.99. The predicted octanol–water partition coefficient (Wildman–Crippen LogP) is 1.66. The van der Waals surface area contributed by atoms with Crippen molar-refractivity contribution in [1.82, 2.24) is 9.03 Å². The summed E-state index contributed by atoms with van der Waals surface area (Å²) >= 11 is 5.78. The van der Waals surface area contributed by atoms with E-state index in [-0.39, 0.29) is 25.4 Å². The Hall–Kier alpha value is -0.860. The SMILES string of the molecule is C[C@@H]1CN(S(=O)(=O)NCCOc2ccc(Cl)cc2)C[C@H](C)O1. The van der Waals surface area contributed by atoms with Gasteiger partial charge in [-0.05, 0) is 38.1 Å². The molecule has 2 atom stereocenters. The number of hydrogen-bond donors (Lipinski definition) is 1. The van der Waals surface area contributed by atoms with Crippen molar-refractivity contribution < 1.29 is 17.9 Å². The Morgan fingerprint density at radius 1 is 1.27 bits per heavy atom. The number of benzene rings is 1. The van der Waals surface area contributed by atoms with Crippen LogP contribution in [0.25, 0.3) is 0 Å². The van der Waals surface area contributed by atoms with E-state index in [0.29, 0.717) is 23.9 Å². The highest BCUT2D eigenvalue weighted by atomic mass is 35.5. The van der Waals surface area contributed by atoms with E-state index in [0.717, 1.165) is 0 Å². The molecule has 22 heavy (non-hydrogen) atoms. The van der Waals surface area contributed by atoms with Crippen LogP contribution >= 0.6 is 11.6 Å². The number of hydrogen-bond acceptors (Lipinski definition) is 4. The molecule has 1 aliphatic rings. The van der Waals surface area contributed by atoms with Crippen LogP contribution in [0.5, 0.6) is 5.75 Å². The van der Waals surface area contributed by atoms with E-state index >= 15 is 0 Å². The molecule has 1 aromatic carbocycles. The van der Waals surface area contributed by atoms with Crippen LogP contribution in [0.3, 0.4) is 0 Å². The minimum absolute atomic E-state index is 0.106. The number of halogens is 1. The molecule has 2 rings (SSSR count). The molecule has 0 radical (unpaired) electrons. The van der Waals surface area contributed by atoms with Crippen LogP contribution in [0.2, 0.25) is 5.02 Å². The van der Waals surface area contributed by atoms with Gasteiger partial charge in [0.25, 0.3) is 10.2 Å². The summed E-state index contributed by atoms with van der Waals surface area (Å²) in [5.41, 5.74) is 0. The van der Waals surface area contributed by atoms with E-state index in [1.807, 2.05) is 13.8 Å². The molecule has 1 N–H and O–H groups in total. The lowest BCUT2D eigenvalue weighted by Crippen LogP contribution is -2.52. The second-order valence-electron chi connectivity index (χ2n) is 5.28. The van der Waals surface area contributed by atoms with Crippen molar-refractivity contribution in [3.8, 4) is 5.75 Å². The minimum atomic E-state index is -3.51. The maximum Gasteiger partial charge on any atom is 0.279 e. The first-order valence-corrected chi connectivity index (χ1v) is 8.97. The van der Waals surface area contributed by atoms with Crippen molar-refractivity contribution in [3.05, 3.63) is 29.3 Å². The van der Waals surface area contributed by atoms with Crippen LogP contribution in [0, 0.1) is 0 Å². The summed E-state index contributed by atoms with van der Waals surface area (Å²) in [5.74, 6) is 0.650. The summed E-state index contributed by atoms with van der Waals surface area (Å²) in [4.78, 5) is 0. The zero-order chi connectivity index (χ0) is 16.2. The molecule has 8 heteroatoms. The Kier molecular flexibility index (Phi) is 6.05. The molecule has 124 valence electrons. The zero-order valence-corrected chi connectivity index (χ0v) is 14.2. The molecule has 0 amide bonds. The predicted molar refractivity (Wildman–Crippen MR) is 85.5 cm³/mol. The van der Waals surface area contributed by atoms with Crippen molar-refractivity contribution in [3.63, 3.8) is 0 Å². The van der Waals surface area contributed by atoms with Crippen LogP contribution in [0.4, 0.5) is 0 Å². The summed E-state index contributed by atoms with van der Waals surface area (Å²) in [7, 11) is -3.51. The van der Waals surface area contributed by atoms with Crippen LogP contribution in [0.1, 0.15) is 13.8 Å². The monoisotopic (exact) mass is 348 g/mol. The fraction of sp³-hybridized carbons (Fsp3) is 0.571. The largest absolute Gasteiger partial charge is 0.492 e. The molecule has 6 nitrogen and oxygen atoms in total. The highest BCUT2D eigenvalue weighted by Gasteiger charge is 2.30. The number of nitrogens with one attached hydrogen (secondary N) is 1. The van der Waals surface area contributed by atoms with Gasteiger partial charge in [-0.1, -0.05) is 11.6 Å². The van der Waals surface area contributed by atoms with E-state index in [4.69, 9.17) is 21.1 Å². The van der Waals surface area contributed by atoms with Gasteiger partial charge in [0.05, 0.1) is 12.2 Å².